The molecule has 19 heavy (non-hydrogen) atoms. The molecule has 1 aromatic heterocycles. The summed E-state index contributed by atoms with van der Waals surface area (Å²) in [5.74, 6) is -3.10. The van der Waals surface area contributed by atoms with Crippen LogP contribution in [0.1, 0.15) is 9.67 Å². The summed E-state index contributed by atoms with van der Waals surface area (Å²) < 4.78 is 42.0. The molecule has 0 spiro atoms. The number of ketones is 1. The van der Waals surface area contributed by atoms with Crippen LogP contribution in [0, 0.1) is 0 Å². The number of carbonyl (C=O) groups excluding carboxylic acids is 2. The van der Waals surface area contributed by atoms with Crippen molar-refractivity contribution in [1.29, 1.82) is 0 Å². The molecule has 1 amide bonds. The van der Waals surface area contributed by atoms with E-state index in [4.69, 9.17) is 0 Å². The van der Waals surface area contributed by atoms with E-state index in [0.29, 0.717) is 11.3 Å². The van der Waals surface area contributed by atoms with E-state index in [1.807, 2.05) is 0 Å². The quantitative estimate of drug-likeness (QED) is 0.666. The summed E-state index contributed by atoms with van der Waals surface area (Å²) in [5, 5.41) is 2.12. The van der Waals surface area contributed by atoms with E-state index >= 15 is 0 Å². The van der Waals surface area contributed by atoms with Gasteiger partial charge in [-0.15, -0.1) is 11.3 Å². The van der Waals surface area contributed by atoms with Crippen molar-refractivity contribution in [2.45, 2.75) is 10.5 Å². The average molecular weight is 314 g/mol. The van der Waals surface area contributed by atoms with Crippen molar-refractivity contribution in [2.24, 2.45) is 0 Å². The number of Topliss-reactive ketones (excluding diaryl/α,β-unsaturated/α-hetero) is 1. The third-order valence-corrected chi connectivity index (χ3v) is 3.82. The smallest absolute Gasteiger partial charge is 0.375 e. The molecule has 1 N–H and O–H groups in total. The Morgan fingerprint density at radius 2 is 2.11 bits per heavy atom. The number of ether oxygens (including phenoxy) is 1. The van der Waals surface area contributed by atoms with Gasteiger partial charge in [0.25, 0.3) is 11.7 Å². The maximum absolute atomic E-state index is 12.4. The first-order chi connectivity index (χ1) is 8.79. The summed E-state index contributed by atoms with van der Waals surface area (Å²) in [5.41, 5.74) is 0. The molecule has 0 saturated heterocycles. The van der Waals surface area contributed by atoms with E-state index in [1.54, 1.807) is 6.26 Å². The molecule has 1 aromatic rings. The predicted octanol–water partition coefficient (Wildman–Crippen LogP) is 2.19. The van der Waals surface area contributed by atoms with Gasteiger partial charge in [-0.3, -0.25) is 9.59 Å². The molecular formula is C9H9F3N2O3S2. The van der Waals surface area contributed by atoms with Gasteiger partial charge < -0.3 is 10.1 Å². The van der Waals surface area contributed by atoms with Crippen molar-refractivity contribution in [3.8, 4) is 0 Å². The van der Waals surface area contributed by atoms with Gasteiger partial charge in [0.15, 0.2) is 10.2 Å². The lowest BCUT2D eigenvalue weighted by atomic mass is 10.3. The molecule has 5 nitrogen and oxygen atoms in total. The summed E-state index contributed by atoms with van der Waals surface area (Å²) in [7, 11) is 1.26. The average Bonchev–Trinajstić information content (AvgIpc) is 2.70. The van der Waals surface area contributed by atoms with Gasteiger partial charge >= 0.3 is 6.18 Å². The predicted molar refractivity (Wildman–Crippen MR) is 64.8 cm³/mol. The molecule has 1 rings (SSSR count). The third-order valence-electron chi connectivity index (χ3n) is 1.78. The molecule has 106 valence electrons. The number of hydrogen-bond donors (Lipinski definition) is 1. The monoisotopic (exact) mass is 314 g/mol. The molecule has 0 radical (unpaired) electrons. The van der Waals surface area contributed by atoms with Crippen molar-refractivity contribution < 1.29 is 27.5 Å². The fourth-order valence-corrected chi connectivity index (χ4v) is 2.53. The molecule has 0 atom stereocenters. The Kier molecular flexibility index (Phi) is 5.32. The van der Waals surface area contributed by atoms with Crippen LogP contribution in [0.5, 0.6) is 0 Å². The number of carbonyl (C=O) groups is 2. The van der Waals surface area contributed by atoms with Gasteiger partial charge in [0.2, 0.25) is 0 Å². The van der Waals surface area contributed by atoms with E-state index in [2.05, 4.69) is 15.0 Å². The zero-order valence-corrected chi connectivity index (χ0v) is 11.5. The van der Waals surface area contributed by atoms with E-state index < -0.39 is 28.6 Å². The number of aromatic nitrogens is 1. The molecule has 0 saturated carbocycles. The van der Waals surface area contributed by atoms with Crippen LogP contribution in [-0.4, -0.2) is 42.8 Å². The number of thioether (sulfide) groups is 1. The molecule has 0 aliphatic heterocycles. The Morgan fingerprint density at radius 1 is 1.47 bits per heavy atom. The summed E-state index contributed by atoms with van der Waals surface area (Å²) in [6, 6.07) is 0. The standard InChI is InChI=1S/C9H9F3N2O3S2/c1-17-3-4(15)13-7-5(6(16)9(10,11)12)19-8(14-7)18-2/h3H2,1-2H3,(H,13,15). The highest BCUT2D eigenvalue weighted by Crippen LogP contribution is 2.34. The van der Waals surface area contributed by atoms with Gasteiger partial charge in [-0.05, 0) is 6.26 Å². The molecule has 0 aliphatic rings. The second-order valence-corrected chi connectivity index (χ2v) is 5.22. The normalized spacial score (nSPS) is 11.4. The van der Waals surface area contributed by atoms with Crippen LogP contribution in [0.15, 0.2) is 4.34 Å². The van der Waals surface area contributed by atoms with E-state index in [0.717, 1.165) is 11.8 Å². The number of rotatable bonds is 5. The van der Waals surface area contributed by atoms with E-state index in [9.17, 15) is 22.8 Å². The van der Waals surface area contributed by atoms with Gasteiger partial charge in [0, 0.05) is 7.11 Å². The molecule has 10 heteroatoms. The van der Waals surface area contributed by atoms with Gasteiger partial charge in [-0.25, -0.2) is 4.98 Å². The number of anilines is 1. The van der Waals surface area contributed by atoms with Crippen molar-refractivity contribution in [3.63, 3.8) is 0 Å². The Labute approximate surface area is 114 Å². The number of halogens is 3. The second kappa shape index (κ2) is 6.35. The van der Waals surface area contributed by atoms with Crippen LogP contribution in [0.2, 0.25) is 0 Å². The first-order valence-electron chi connectivity index (χ1n) is 4.74. The topological polar surface area (TPSA) is 68.3 Å². The second-order valence-electron chi connectivity index (χ2n) is 3.17. The minimum absolute atomic E-state index is 0.250. The van der Waals surface area contributed by atoms with Crippen molar-refractivity contribution in [3.05, 3.63) is 4.88 Å². The van der Waals surface area contributed by atoms with Crippen molar-refractivity contribution >= 4 is 40.6 Å². The van der Waals surface area contributed by atoms with Crippen LogP contribution in [0.25, 0.3) is 0 Å². The van der Waals surface area contributed by atoms with Crippen LogP contribution >= 0.6 is 23.1 Å². The van der Waals surface area contributed by atoms with Crippen LogP contribution in [0.3, 0.4) is 0 Å². The van der Waals surface area contributed by atoms with Gasteiger partial charge in [0.05, 0.1) is 0 Å². The number of amides is 1. The Morgan fingerprint density at radius 3 is 2.58 bits per heavy atom. The van der Waals surface area contributed by atoms with E-state index in [1.165, 1.54) is 7.11 Å². The fourth-order valence-electron chi connectivity index (χ4n) is 1.05. The fraction of sp³-hybridized carbons (Fsp3) is 0.444. The molecule has 0 aliphatic carbocycles. The summed E-state index contributed by atoms with van der Waals surface area (Å²) in [6.07, 6.45) is -3.41. The maximum atomic E-state index is 12.4. The molecule has 0 fully saturated rings. The zero-order chi connectivity index (χ0) is 14.6. The summed E-state index contributed by atoms with van der Waals surface area (Å²) >= 11 is 1.66. The molecule has 0 aromatic carbocycles. The number of methoxy groups -OCH3 is 1. The minimum atomic E-state index is -5.01. The molecule has 0 unspecified atom stereocenters. The third kappa shape index (κ3) is 4.18. The first-order valence-corrected chi connectivity index (χ1v) is 6.78. The van der Waals surface area contributed by atoms with Gasteiger partial charge in [-0.2, -0.15) is 13.2 Å². The van der Waals surface area contributed by atoms with Crippen LogP contribution < -0.4 is 5.32 Å². The van der Waals surface area contributed by atoms with Gasteiger partial charge in [0.1, 0.15) is 11.5 Å². The highest BCUT2D eigenvalue weighted by atomic mass is 32.2. The highest BCUT2D eigenvalue weighted by molar-refractivity contribution is 8.00. The Hall–Kier alpha value is -1.13. The number of alkyl halides is 3. The Balaban J connectivity index is 3.06. The number of nitrogens with zero attached hydrogens (tertiary/aromatic N) is 1. The summed E-state index contributed by atoms with van der Waals surface area (Å²) in [6.45, 7) is -0.341. The lowest BCUT2D eigenvalue weighted by Crippen LogP contribution is -2.24. The van der Waals surface area contributed by atoms with Crippen LogP contribution in [0.4, 0.5) is 19.0 Å². The summed E-state index contributed by atoms with van der Waals surface area (Å²) in [4.78, 5) is 25.6. The van der Waals surface area contributed by atoms with Crippen molar-refractivity contribution in [2.75, 3.05) is 25.3 Å². The Bertz CT molecular complexity index is 488. The number of hydrogen-bond acceptors (Lipinski definition) is 6. The zero-order valence-electron chi connectivity index (χ0n) is 9.83. The van der Waals surface area contributed by atoms with Crippen LogP contribution in [-0.2, 0) is 9.53 Å². The number of nitrogens with one attached hydrogen (secondary N) is 1. The van der Waals surface area contributed by atoms with Gasteiger partial charge in [-0.1, -0.05) is 11.8 Å². The van der Waals surface area contributed by atoms with E-state index in [-0.39, 0.29) is 10.9 Å². The minimum Gasteiger partial charge on any atom is -0.375 e. The lowest BCUT2D eigenvalue weighted by molar-refractivity contribution is -0.119. The maximum Gasteiger partial charge on any atom is 0.455 e. The molecule has 0 bridgehead atoms. The number of thiazole rings is 1. The largest absolute Gasteiger partial charge is 0.455 e. The molecule has 1 heterocycles. The van der Waals surface area contributed by atoms with Crippen molar-refractivity contribution in [1.82, 2.24) is 4.98 Å². The highest BCUT2D eigenvalue weighted by Gasteiger charge is 2.42. The first kappa shape index (κ1) is 15.9. The molecular weight excluding hydrogens is 305 g/mol. The lowest BCUT2D eigenvalue weighted by Gasteiger charge is -2.05. The SMILES string of the molecule is COCC(=O)Nc1nc(SC)sc1C(=O)C(F)(F)F.